The van der Waals surface area contributed by atoms with Gasteiger partial charge in [0.05, 0.1) is 13.2 Å². The average Bonchev–Trinajstić information content (AvgIpc) is 2.60. The Morgan fingerprint density at radius 1 is 1.60 bits per heavy atom. The van der Waals surface area contributed by atoms with Crippen LogP contribution in [0.15, 0.2) is 9.32 Å². The Kier molecular flexibility index (Phi) is 3.48. The highest BCUT2D eigenvalue weighted by atomic mass is 16.5. The molecule has 2 N–H and O–H groups in total. The van der Waals surface area contributed by atoms with Gasteiger partial charge < -0.3 is 10.1 Å². The van der Waals surface area contributed by atoms with Crippen molar-refractivity contribution in [1.29, 1.82) is 0 Å². The minimum atomic E-state index is -0.651. The zero-order valence-corrected chi connectivity index (χ0v) is 8.73. The molecule has 0 radical (unpaired) electrons. The van der Waals surface area contributed by atoms with Crippen molar-refractivity contribution in [3.8, 4) is 0 Å². The van der Waals surface area contributed by atoms with Gasteiger partial charge in [-0.3, -0.25) is 9.51 Å². The Balaban J connectivity index is 2.83. The third kappa shape index (κ3) is 2.83. The Bertz CT molecular complexity index is 381. The lowest BCUT2D eigenvalue weighted by Gasteiger charge is -2.17. The van der Waals surface area contributed by atoms with Gasteiger partial charge in [-0.25, -0.2) is 9.59 Å². The first kappa shape index (κ1) is 11.3. The molecule has 15 heavy (non-hydrogen) atoms. The smallest absolute Gasteiger partial charge is 0.438 e. The molecule has 84 valence electrons. The van der Waals surface area contributed by atoms with E-state index >= 15 is 0 Å². The third-order valence-corrected chi connectivity index (χ3v) is 1.88. The van der Waals surface area contributed by atoms with Gasteiger partial charge in [-0.2, -0.15) is 0 Å². The van der Waals surface area contributed by atoms with Crippen molar-refractivity contribution < 1.29 is 14.1 Å². The molecule has 0 saturated heterocycles. The Morgan fingerprint density at radius 3 is 2.67 bits per heavy atom. The van der Waals surface area contributed by atoms with E-state index in [1.54, 1.807) is 0 Å². The highest BCUT2D eigenvalue weighted by Crippen LogP contribution is 2.16. The molecule has 1 unspecified atom stereocenters. The molecule has 7 nitrogen and oxygen atoms in total. The number of nitrogens with zero attached hydrogens (tertiary/aromatic N) is 1. The van der Waals surface area contributed by atoms with Gasteiger partial charge in [0.1, 0.15) is 0 Å². The van der Waals surface area contributed by atoms with Crippen molar-refractivity contribution in [2.45, 2.75) is 19.9 Å². The number of hydrogen-bond donors (Lipinski definition) is 2. The molecule has 0 fully saturated rings. The fourth-order valence-electron chi connectivity index (χ4n) is 1.11. The molecule has 7 heteroatoms. The number of alkyl carbamates (subject to hydrolysis) is 1. The summed E-state index contributed by atoms with van der Waals surface area (Å²) in [7, 11) is 1.26. The largest absolute Gasteiger partial charge is 0.453 e. The molecular formula is C8H13N3O4. The number of ether oxygens (including phenoxy) is 1. The van der Waals surface area contributed by atoms with Crippen molar-refractivity contribution in [2.75, 3.05) is 7.11 Å². The minimum Gasteiger partial charge on any atom is -0.453 e. The topological polar surface area (TPSA) is 97.2 Å². The number of rotatable bonds is 3. The van der Waals surface area contributed by atoms with E-state index in [0.717, 1.165) is 0 Å². The standard InChI is InChI=1S/C8H13N3O4/c1-4(2)5(9-7(12)14-3)6-10-8(13)15-11-6/h4-5H,1-3H3,(H,9,12)(H,10,11,13). The van der Waals surface area contributed by atoms with Crippen LogP contribution < -0.4 is 11.1 Å². The van der Waals surface area contributed by atoms with Crippen LogP contribution in [0.1, 0.15) is 25.7 Å². The fourth-order valence-corrected chi connectivity index (χ4v) is 1.11. The van der Waals surface area contributed by atoms with Crippen molar-refractivity contribution in [3.63, 3.8) is 0 Å². The SMILES string of the molecule is COC(=O)NC(c1noc(=O)[nH]1)C(C)C. The van der Waals surface area contributed by atoms with Crippen LogP contribution in [0, 0.1) is 5.92 Å². The molecule has 0 bridgehead atoms. The van der Waals surface area contributed by atoms with E-state index in [0.29, 0.717) is 0 Å². The summed E-state index contributed by atoms with van der Waals surface area (Å²) in [6.45, 7) is 3.74. The lowest BCUT2D eigenvalue weighted by atomic mass is 10.0. The van der Waals surface area contributed by atoms with Crippen LogP contribution >= 0.6 is 0 Å². The van der Waals surface area contributed by atoms with E-state index in [-0.39, 0.29) is 11.7 Å². The molecular weight excluding hydrogens is 202 g/mol. The average molecular weight is 215 g/mol. The summed E-state index contributed by atoms with van der Waals surface area (Å²) in [4.78, 5) is 24.2. The van der Waals surface area contributed by atoms with Gasteiger partial charge in [-0.05, 0) is 5.92 Å². The summed E-state index contributed by atoms with van der Waals surface area (Å²) in [6, 6.07) is -0.441. The second kappa shape index (κ2) is 4.63. The first-order valence-electron chi connectivity index (χ1n) is 4.45. The number of carbonyl (C=O) groups excluding carboxylic acids is 1. The maximum atomic E-state index is 11.0. The molecule has 0 aromatic carbocycles. The molecule has 0 spiro atoms. The number of hydrogen-bond acceptors (Lipinski definition) is 5. The molecule has 1 heterocycles. The normalized spacial score (nSPS) is 12.5. The summed E-state index contributed by atoms with van der Waals surface area (Å²) < 4.78 is 8.82. The molecule has 1 rings (SSSR count). The van der Waals surface area contributed by atoms with Gasteiger partial charge in [-0.15, -0.1) is 0 Å². The summed E-state index contributed by atoms with van der Waals surface area (Å²) in [5, 5.41) is 6.05. The third-order valence-electron chi connectivity index (χ3n) is 1.88. The Labute approximate surface area is 85.8 Å². The van der Waals surface area contributed by atoms with Gasteiger partial charge in [0.15, 0.2) is 5.82 Å². The van der Waals surface area contributed by atoms with Gasteiger partial charge in [-0.1, -0.05) is 19.0 Å². The van der Waals surface area contributed by atoms with Crippen LogP contribution in [-0.4, -0.2) is 23.3 Å². The van der Waals surface area contributed by atoms with Gasteiger partial charge >= 0.3 is 11.8 Å². The van der Waals surface area contributed by atoms with Crippen LogP contribution in [0.4, 0.5) is 4.79 Å². The van der Waals surface area contributed by atoms with Gasteiger partial charge in [0.25, 0.3) is 0 Å². The maximum Gasteiger partial charge on any atom is 0.438 e. The monoisotopic (exact) mass is 215 g/mol. The molecule has 1 amide bonds. The molecule has 0 aliphatic rings. The van der Waals surface area contributed by atoms with Crippen LogP contribution in [0.5, 0.6) is 0 Å². The molecule has 0 aliphatic heterocycles. The number of H-pyrrole nitrogens is 1. The number of methoxy groups -OCH3 is 1. The summed E-state index contributed by atoms with van der Waals surface area (Å²) in [6.07, 6.45) is -0.586. The predicted molar refractivity (Wildman–Crippen MR) is 50.2 cm³/mol. The second-order valence-corrected chi connectivity index (χ2v) is 3.34. The minimum absolute atomic E-state index is 0.0462. The summed E-state index contributed by atoms with van der Waals surface area (Å²) in [5.74, 6) is -0.326. The lowest BCUT2D eigenvalue weighted by Crippen LogP contribution is -2.32. The first-order chi connectivity index (χ1) is 7.04. The van der Waals surface area contributed by atoms with E-state index in [4.69, 9.17) is 0 Å². The molecule has 0 aliphatic carbocycles. The van der Waals surface area contributed by atoms with Crippen molar-refractivity contribution >= 4 is 6.09 Å². The predicted octanol–water partition coefficient (Wildman–Crippen LogP) is 0.416. The van der Waals surface area contributed by atoms with Crippen molar-refractivity contribution in [1.82, 2.24) is 15.5 Å². The number of nitrogens with one attached hydrogen (secondary N) is 2. The quantitative estimate of drug-likeness (QED) is 0.761. The Hall–Kier alpha value is -1.79. The molecule has 1 aromatic heterocycles. The summed E-state index contributed by atoms with van der Waals surface area (Å²) in [5.41, 5.74) is 0. The fraction of sp³-hybridized carbons (Fsp3) is 0.625. The van der Waals surface area contributed by atoms with Crippen LogP contribution in [0.3, 0.4) is 0 Å². The van der Waals surface area contributed by atoms with Gasteiger partial charge in [0.2, 0.25) is 0 Å². The number of aromatic amines is 1. The first-order valence-corrected chi connectivity index (χ1v) is 4.45. The Morgan fingerprint density at radius 2 is 2.27 bits per heavy atom. The molecule has 1 atom stereocenters. The lowest BCUT2D eigenvalue weighted by molar-refractivity contribution is 0.162. The van der Waals surface area contributed by atoms with E-state index in [1.165, 1.54) is 7.11 Å². The maximum absolute atomic E-state index is 11.0. The van der Waals surface area contributed by atoms with E-state index in [1.807, 2.05) is 13.8 Å². The van der Waals surface area contributed by atoms with E-state index in [9.17, 15) is 9.59 Å². The number of aromatic nitrogens is 2. The van der Waals surface area contributed by atoms with E-state index < -0.39 is 17.9 Å². The van der Waals surface area contributed by atoms with Gasteiger partial charge in [0, 0.05) is 0 Å². The second-order valence-electron chi connectivity index (χ2n) is 3.34. The summed E-state index contributed by atoms with van der Waals surface area (Å²) >= 11 is 0. The van der Waals surface area contributed by atoms with Crippen LogP contribution in [0.25, 0.3) is 0 Å². The molecule has 1 aromatic rings. The number of carbonyl (C=O) groups is 1. The van der Waals surface area contributed by atoms with Crippen molar-refractivity contribution in [2.24, 2.45) is 5.92 Å². The molecule has 0 saturated carbocycles. The van der Waals surface area contributed by atoms with E-state index in [2.05, 4.69) is 24.7 Å². The van der Waals surface area contributed by atoms with Crippen LogP contribution in [-0.2, 0) is 4.74 Å². The van der Waals surface area contributed by atoms with Crippen LogP contribution in [0.2, 0.25) is 0 Å². The number of amides is 1. The zero-order valence-electron chi connectivity index (χ0n) is 8.73. The highest BCUT2D eigenvalue weighted by molar-refractivity contribution is 5.67. The van der Waals surface area contributed by atoms with Crippen molar-refractivity contribution in [3.05, 3.63) is 16.4 Å². The zero-order chi connectivity index (χ0) is 11.4. The highest BCUT2D eigenvalue weighted by Gasteiger charge is 2.22.